The summed E-state index contributed by atoms with van der Waals surface area (Å²) in [7, 11) is 0. The summed E-state index contributed by atoms with van der Waals surface area (Å²) in [6, 6.07) is 9.67. The molecule has 4 nitrogen and oxygen atoms in total. The van der Waals surface area contributed by atoms with Crippen LogP contribution in [0.2, 0.25) is 0 Å². The van der Waals surface area contributed by atoms with Gasteiger partial charge in [0.2, 0.25) is 0 Å². The Morgan fingerprint density at radius 3 is 3.00 bits per heavy atom. The van der Waals surface area contributed by atoms with Crippen LogP contribution in [0.15, 0.2) is 30.3 Å². The van der Waals surface area contributed by atoms with Crippen molar-refractivity contribution in [3.63, 3.8) is 0 Å². The Morgan fingerprint density at radius 1 is 1.32 bits per heavy atom. The zero-order valence-corrected chi connectivity index (χ0v) is 11.2. The number of ether oxygens (including phenoxy) is 2. The van der Waals surface area contributed by atoms with Crippen molar-refractivity contribution in [1.82, 2.24) is 9.97 Å². The summed E-state index contributed by atoms with van der Waals surface area (Å²) in [5, 5.41) is 0. The molecule has 0 amide bonds. The van der Waals surface area contributed by atoms with E-state index in [1.54, 1.807) is 0 Å². The third-order valence-corrected chi connectivity index (χ3v) is 3.35. The number of para-hydroxylation sites is 1. The van der Waals surface area contributed by atoms with Gasteiger partial charge in [0.1, 0.15) is 22.8 Å². The zero-order valence-electron chi connectivity index (χ0n) is 10.4. The number of nitrogens with one attached hydrogen (secondary N) is 1. The topological polar surface area (TPSA) is 47.1 Å². The van der Waals surface area contributed by atoms with Crippen LogP contribution >= 0.6 is 12.2 Å². The molecule has 2 heterocycles. The molecule has 1 aromatic carbocycles. The van der Waals surface area contributed by atoms with Crippen LogP contribution in [0, 0.1) is 4.64 Å². The second kappa shape index (κ2) is 5.50. The highest BCUT2D eigenvalue weighted by molar-refractivity contribution is 7.71. The maximum atomic E-state index is 5.67. The molecule has 0 unspecified atom stereocenters. The van der Waals surface area contributed by atoms with Gasteiger partial charge in [0.05, 0.1) is 13.2 Å². The standard InChI is InChI=1S/C14H14N2O2S/c19-14-11-8-17-7-6-12(11)15-13(16-14)9-18-10-4-2-1-3-5-10/h1-5H,6-9H2,(H,15,16,19). The number of aromatic amines is 1. The molecule has 3 rings (SSSR count). The van der Waals surface area contributed by atoms with Crippen LogP contribution in [-0.2, 0) is 24.4 Å². The van der Waals surface area contributed by atoms with Crippen molar-refractivity contribution < 1.29 is 9.47 Å². The molecule has 0 bridgehead atoms. The molecule has 2 aromatic rings. The monoisotopic (exact) mass is 274 g/mol. The fourth-order valence-electron chi connectivity index (χ4n) is 2.04. The van der Waals surface area contributed by atoms with Crippen LogP contribution in [-0.4, -0.2) is 16.6 Å². The highest BCUT2D eigenvalue weighted by atomic mass is 32.1. The lowest BCUT2D eigenvalue weighted by atomic mass is 10.1. The van der Waals surface area contributed by atoms with Crippen molar-refractivity contribution in [3.8, 4) is 5.75 Å². The van der Waals surface area contributed by atoms with Crippen LogP contribution in [0.5, 0.6) is 5.75 Å². The van der Waals surface area contributed by atoms with Gasteiger partial charge in [-0.05, 0) is 12.1 Å². The largest absolute Gasteiger partial charge is 0.486 e. The Kier molecular flexibility index (Phi) is 3.57. The summed E-state index contributed by atoms with van der Waals surface area (Å²) < 4.78 is 11.7. The van der Waals surface area contributed by atoms with Gasteiger partial charge in [-0.1, -0.05) is 30.4 Å². The molecular weight excluding hydrogens is 260 g/mol. The van der Waals surface area contributed by atoms with Crippen molar-refractivity contribution in [1.29, 1.82) is 0 Å². The molecule has 19 heavy (non-hydrogen) atoms. The van der Waals surface area contributed by atoms with Gasteiger partial charge in [-0.3, -0.25) is 0 Å². The van der Waals surface area contributed by atoms with Crippen molar-refractivity contribution in [3.05, 3.63) is 52.1 Å². The smallest absolute Gasteiger partial charge is 0.146 e. The van der Waals surface area contributed by atoms with Gasteiger partial charge in [-0.2, -0.15) is 0 Å². The molecule has 0 radical (unpaired) electrons. The average molecular weight is 274 g/mol. The minimum absolute atomic E-state index is 0.391. The molecule has 0 spiro atoms. The molecule has 0 fully saturated rings. The summed E-state index contributed by atoms with van der Waals surface area (Å²) >= 11 is 5.29. The zero-order chi connectivity index (χ0) is 13.1. The highest BCUT2D eigenvalue weighted by Gasteiger charge is 2.13. The number of rotatable bonds is 3. The van der Waals surface area contributed by atoms with E-state index in [0.29, 0.717) is 17.9 Å². The highest BCUT2D eigenvalue weighted by Crippen LogP contribution is 2.16. The molecule has 1 aliphatic rings. The van der Waals surface area contributed by atoms with Crippen molar-refractivity contribution in [2.45, 2.75) is 19.6 Å². The van der Waals surface area contributed by atoms with Crippen molar-refractivity contribution in [2.24, 2.45) is 0 Å². The van der Waals surface area contributed by atoms with Gasteiger partial charge in [0.25, 0.3) is 0 Å². The first-order valence-corrected chi connectivity index (χ1v) is 6.60. The molecule has 0 atom stereocenters. The van der Waals surface area contributed by atoms with Gasteiger partial charge in [-0.15, -0.1) is 0 Å². The Morgan fingerprint density at radius 2 is 2.16 bits per heavy atom. The van der Waals surface area contributed by atoms with Crippen molar-refractivity contribution in [2.75, 3.05) is 6.61 Å². The molecular formula is C14H14N2O2S. The third kappa shape index (κ3) is 2.83. The number of H-pyrrole nitrogens is 1. The molecule has 1 N–H and O–H groups in total. The Hall–Kier alpha value is -1.72. The molecule has 1 aromatic heterocycles. The number of benzene rings is 1. The van der Waals surface area contributed by atoms with Gasteiger partial charge >= 0.3 is 0 Å². The second-order valence-electron chi connectivity index (χ2n) is 4.35. The number of aromatic nitrogens is 2. The van der Waals surface area contributed by atoms with Crippen LogP contribution in [0.25, 0.3) is 0 Å². The van der Waals surface area contributed by atoms with E-state index in [1.165, 1.54) is 0 Å². The van der Waals surface area contributed by atoms with E-state index < -0.39 is 0 Å². The van der Waals surface area contributed by atoms with Gasteiger partial charge in [-0.25, -0.2) is 4.98 Å². The molecule has 5 heteroatoms. The lowest BCUT2D eigenvalue weighted by Crippen LogP contribution is -2.15. The molecule has 0 saturated heterocycles. The van der Waals surface area contributed by atoms with E-state index in [9.17, 15) is 0 Å². The predicted octanol–water partition coefficient (Wildman–Crippen LogP) is 2.79. The summed E-state index contributed by atoms with van der Waals surface area (Å²) in [5.74, 6) is 1.58. The maximum absolute atomic E-state index is 5.67. The number of hydrogen-bond acceptors (Lipinski definition) is 4. The minimum atomic E-state index is 0.391. The lowest BCUT2D eigenvalue weighted by Gasteiger charge is -2.17. The van der Waals surface area contributed by atoms with E-state index in [1.807, 2.05) is 30.3 Å². The summed E-state index contributed by atoms with van der Waals surface area (Å²) in [5.41, 5.74) is 2.13. The fourth-order valence-corrected chi connectivity index (χ4v) is 2.34. The molecule has 0 saturated carbocycles. The first kappa shape index (κ1) is 12.3. The number of nitrogens with zero attached hydrogens (tertiary/aromatic N) is 1. The van der Waals surface area contributed by atoms with E-state index >= 15 is 0 Å². The van der Waals surface area contributed by atoms with Crippen LogP contribution in [0.4, 0.5) is 0 Å². The third-order valence-electron chi connectivity index (χ3n) is 3.02. The Labute approximate surface area is 116 Å². The number of fused-ring (bicyclic) bond motifs is 1. The van der Waals surface area contributed by atoms with Crippen LogP contribution < -0.4 is 4.74 Å². The quantitative estimate of drug-likeness (QED) is 0.874. The fraction of sp³-hybridized carbons (Fsp3) is 0.286. The van der Waals surface area contributed by atoms with Gasteiger partial charge in [0, 0.05) is 17.7 Å². The predicted molar refractivity (Wildman–Crippen MR) is 73.6 cm³/mol. The number of hydrogen-bond donors (Lipinski definition) is 1. The van der Waals surface area contributed by atoms with Gasteiger partial charge in [0.15, 0.2) is 0 Å². The lowest BCUT2D eigenvalue weighted by molar-refractivity contribution is 0.108. The minimum Gasteiger partial charge on any atom is -0.486 e. The van der Waals surface area contributed by atoms with E-state index in [-0.39, 0.29) is 0 Å². The Balaban J connectivity index is 1.78. The second-order valence-corrected chi connectivity index (χ2v) is 4.74. The molecule has 98 valence electrons. The van der Waals surface area contributed by atoms with E-state index in [0.717, 1.165) is 35.9 Å². The first-order valence-electron chi connectivity index (χ1n) is 6.19. The van der Waals surface area contributed by atoms with E-state index in [4.69, 9.17) is 21.7 Å². The van der Waals surface area contributed by atoms with Crippen LogP contribution in [0.3, 0.4) is 0 Å². The van der Waals surface area contributed by atoms with E-state index in [2.05, 4.69) is 9.97 Å². The molecule has 1 aliphatic heterocycles. The summed E-state index contributed by atoms with van der Waals surface area (Å²) in [6.45, 7) is 1.67. The summed E-state index contributed by atoms with van der Waals surface area (Å²) in [4.78, 5) is 7.65. The van der Waals surface area contributed by atoms with Crippen molar-refractivity contribution >= 4 is 12.2 Å². The summed E-state index contributed by atoms with van der Waals surface area (Å²) in [6.07, 6.45) is 0.847. The normalized spacial score (nSPS) is 13.9. The SMILES string of the molecule is S=c1nc(COc2ccccc2)[nH]c2c1COCC2. The maximum Gasteiger partial charge on any atom is 0.146 e. The van der Waals surface area contributed by atoms with Crippen LogP contribution in [0.1, 0.15) is 17.1 Å². The first-order chi connectivity index (χ1) is 9.33. The van der Waals surface area contributed by atoms with Gasteiger partial charge < -0.3 is 14.5 Å². The molecule has 0 aliphatic carbocycles. The average Bonchev–Trinajstić information content (AvgIpc) is 2.46. The Bertz CT molecular complexity index is 625.